The van der Waals surface area contributed by atoms with Gasteiger partial charge in [0.2, 0.25) is 0 Å². The first kappa shape index (κ1) is 25.4. The Hall–Kier alpha value is -3.27. The molecule has 2 aromatic carbocycles. The van der Waals surface area contributed by atoms with Crippen molar-refractivity contribution in [1.29, 1.82) is 0 Å². The van der Waals surface area contributed by atoms with Crippen molar-refractivity contribution in [2.45, 2.75) is 19.9 Å². The topological polar surface area (TPSA) is 94.2 Å². The molecule has 0 atom stereocenters. The van der Waals surface area contributed by atoms with Crippen molar-refractivity contribution in [2.75, 3.05) is 11.4 Å². The zero-order valence-electron chi connectivity index (χ0n) is 18.1. The van der Waals surface area contributed by atoms with Crippen molar-refractivity contribution >= 4 is 68.4 Å². The lowest BCUT2D eigenvalue weighted by Gasteiger charge is -2.18. The number of hydrogen-bond donors (Lipinski definition) is 0. The molecule has 0 spiro atoms. The third kappa shape index (κ3) is 5.99. The fourth-order valence-corrected chi connectivity index (χ4v) is 4.81. The number of carbonyl (C=O) groups is 1. The van der Waals surface area contributed by atoms with Gasteiger partial charge >= 0.3 is 0 Å². The average molecular weight is 518 g/mol. The summed E-state index contributed by atoms with van der Waals surface area (Å²) >= 11 is 7.62. The van der Waals surface area contributed by atoms with Gasteiger partial charge in [-0.2, -0.15) is 0 Å². The Balaban J connectivity index is 0.00000324. The van der Waals surface area contributed by atoms with E-state index < -0.39 is 4.92 Å². The van der Waals surface area contributed by atoms with Crippen LogP contribution < -0.4 is 4.90 Å². The molecular weight excluding hydrogens is 497 g/mol. The molecule has 4 rings (SSSR count). The minimum Gasteiger partial charge on any atom is -0.337 e. The maximum atomic E-state index is 13.2. The number of carbonyl (C=O) groups excluding carboxylic acids is 1. The summed E-state index contributed by atoms with van der Waals surface area (Å²) in [6.45, 7) is 3.12. The highest BCUT2D eigenvalue weighted by atomic mass is 35.5. The molecule has 1 amide bonds. The van der Waals surface area contributed by atoms with E-state index in [2.05, 4.69) is 4.98 Å². The van der Waals surface area contributed by atoms with Crippen LogP contribution >= 0.6 is 35.3 Å². The molecule has 0 N–H and O–H groups in total. The molecule has 4 aromatic rings. The lowest BCUT2D eigenvalue weighted by molar-refractivity contribution is -0.384. The summed E-state index contributed by atoms with van der Waals surface area (Å²) in [5.74, 6) is -0.221. The van der Waals surface area contributed by atoms with Gasteiger partial charge in [0.1, 0.15) is 0 Å². The summed E-state index contributed by atoms with van der Waals surface area (Å²) < 4.78 is 2.87. The van der Waals surface area contributed by atoms with Gasteiger partial charge in [-0.25, -0.2) is 9.97 Å². The Bertz CT molecular complexity index is 1320. The van der Waals surface area contributed by atoms with Gasteiger partial charge in [-0.15, -0.1) is 12.4 Å². The van der Waals surface area contributed by atoms with Gasteiger partial charge in [0.25, 0.3) is 11.6 Å². The number of rotatable bonds is 8. The number of nitro benzene ring substituents is 1. The Morgan fingerprint density at radius 3 is 2.74 bits per heavy atom. The predicted octanol–water partition coefficient (Wildman–Crippen LogP) is 5.92. The molecule has 0 saturated heterocycles. The molecule has 0 saturated carbocycles. The molecule has 8 nitrogen and oxygen atoms in total. The van der Waals surface area contributed by atoms with Crippen LogP contribution in [-0.2, 0) is 11.3 Å². The highest BCUT2D eigenvalue weighted by molar-refractivity contribution is 7.22. The first-order valence-corrected chi connectivity index (χ1v) is 11.4. The number of non-ortho nitro benzene ring substituents is 1. The molecule has 34 heavy (non-hydrogen) atoms. The number of imidazole rings is 1. The number of halogens is 2. The number of aryl methyl sites for hydroxylation is 2. The van der Waals surface area contributed by atoms with Crippen LogP contribution in [0.5, 0.6) is 0 Å². The van der Waals surface area contributed by atoms with Gasteiger partial charge in [0.15, 0.2) is 5.13 Å². The maximum Gasteiger partial charge on any atom is 0.269 e. The Kier molecular flexibility index (Phi) is 8.38. The van der Waals surface area contributed by atoms with Gasteiger partial charge in [-0.05, 0) is 54.8 Å². The zero-order valence-corrected chi connectivity index (χ0v) is 20.5. The second kappa shape index (κ2) is 11.2. The molecule has 0 aliphatic heterocycles. The van der Waals surface area contributed by atoms with Crippen molar-refractivity contribution in [3.8, 4) is 0 Å². The number of anilines is 1. The monoisotopic (exact) mass is 517 g/mol. The number of fused-ring (bicyclic) bond motifs is 1. The van der Waals surface area contributed by atoms with Gasteiger partial charge in [-0.1, -0.05) is 22.9 Å². The van der Waals surface area contributed by atoms with Crippen LogP contribution in [0.4, 0.5) is 10.8 Å². The van der Waals surface area contributed by atoms with E-state index in [1.807, 2.05) is 29.8 Å². The van der Waals surface area contributed by atoms with Crippen LogP contribution in [0.15, 0.2) is 61.2 Å². The third-order valence-corrected chi connectivity index (χ3v) is 6.26. The molecule has 0 fully saturated rings. The van der Waals surface area contributed by atoms with Gasteiger partial charge in [0.05, 0.1) is 21.5 Å². The van der Waals surface area contributed by atoms with Crippen LogP contribution in [0, 0.1) is 17.0 Å². The van der Waals surface area contributed by atoms with E-state index in [9.17, 15) is 14.9 Å². The fourth-order valence-electron chi connectivity index (χ4n) is 3.35. The predicted molar refractivity (Wildman–Crippen MR) is 138 cm³/mol. The molecule has 0 aliphatic rings. The fraction of sp³-hybridized carbons (Fsp3) is 0.174. The van der Waals surface area contributed by atoms with Crippen LogP contribution in [0.25, 0.3) is 16.3 Å². The number of nitrogens with zero attached hydrogens (tertiary/aromatic N) is 5. The second-order valence-electron chi connectivity index (χ2n) is 7.39. The van der Waals surface area contributed by atoms with E-state index in [0.29, 0.717) is 35.2 Å². The Morgan fingerprint density at radius 1 is 1.29 bits per heavy atom. The quantitative estimate of drug-likeness (QED) is 0.164. The first-order valence-electron chi connectivity index (χ1n) is 10.2. The molecule has 11 heteroatoms. The van der Waals surface area contributed by atoms with Crippen molar-refractivity contribution in [1.82, 2.24) is 14.5 Å². The van der Waals surface area contributed by atoms with Crippen LogP contribution in [0.2, 0.25) is 5.02 Å². The highest BCUT2D eigenvalue weighted by Gasteiger charge is 2.19. The van der Waals surface area contributed by atoms with E-state index >= 15 is 0 Å². The third-order valence-electron chi connectivity index (χ3n) is 5.02. The van der Waals surface area contributed by atoms with E-state index in [-0.39, 0.29) is 24.0 Å². The van der Waals surface area contributed by atoms with E-state index in [0.717, 1.165) is 15.8 Å². The van der Waals surface area contributed by atoms with E-state index in [4.69, 9.17) is 16.6 Å². The van der Waals surface area contributed by atoms with Gasteiger partial charge in [0, 0.05) is 48.7 Å². The van der Waals surface area contributed by atoms with Crippen molar-refractivity contribution in [2.24, 2.45) is 0 Å². The number of hydrogen-bond acceptors (Lipinski definition) is 6. The minimum absolute atomic E-state index is 0. The lowest BCUT2D eigenvalue weighted by Crippen LogP contribution is -2.30. The first-order chi connectivity index (χ1) is 15.9. The van der Waals surface area contributed by atoms with Crippen LogP contribution in [0.1, 0.15) is 17.5 Å². The number of thiazole rings is 1. The van der Waals surface area contributed by atoms with E-state index in [1.54, 1.807) is 35.6 Å². The zero-order chi connectivity index (χ0) is 23.4. The standard InChI is InChI=1S/C23H20ClN5O3S.ClH/c1-16-13-18(24)14-20-22(16)26-23(33-20)28(11-2-10-27-12-9-25-15-27)21(30)8-5-17-3-6-19(7-4-17)29(31)32;/h3-9,12-15H,2,10-11H2,1H3;1H/b8-5+;. The molecule has 0 unspecified atom stereocenters. The van der Waals surface area contributed by atoms with Gasteiger partial charge < -0.3 is 4.57 Å². The summed E-state index contributed by atoms with van der Waals surface area (Å²) in [4.78, 5) is 34.0. The maximum absolute atomic E-state index is 13.2. The summed E-state index contributed by atoms with van der Waals surface area (Å²) in [6.07, 6.45) is 9.15. The molecule has 0 radical (unpaired) electrons. The SMILES string of the molecule is Cc1cc(Cl)cc2sc(N(CCCn3ccnc3)C(=O)/C=C/c3ccc([N+](=O)[O-])cc3)nc12.Cl. The molecule has 2 heterocycles. The van der Waals surface area contributed by atoms with Crippen molar-refractivity contribution in [3.63, 3.8) is 0 Å². The second-order valence-corrected chi connectivity index (χ2v) is 8.84. The number of benzene rings is 2. The molecular formula is C23H21Cl2N5O3S. The highest BCUT2D eigenvalue weighted by Crippen LogP contribution is 2.33. The number of nitro groups is 1. The summed E-state index contributed by atoms with van der Waals surface area (Å²) in [6, 6.07) is 9.74. The molecule has 2 aromatic heterocycles. The average Bonchev–Trinajstić information content (AvgIpc) is 3.45. The van der Waals surface area contributed by atoms with E-state index in [1.165, 1.54) is 29.5 Å². The van der Waals surface area contributed by atoms with Crippen LogP contribution in [-0.4, -0.2) is 31.9 Å². The molecule has 176 valence electrons. The smallest absolute Gasteiger partial charge is 0.269 e. The van der Waals surface area contributed by atoms with Crippen LogP contribution in [0.3, 0.4) is 0 Å². The number of amides is 1. The summed E-state index contributed by atoms with van der Waals surface area (Å²) in [5, 5.41) is 12.1. The van der Waals surface area contributed by atoms with Crippen molar-refractivity contribution < 1.29 is 9.72 Å². The Morgan fingerprint density at radius 2 is 2.06 bits per heavy atom. The lowest BCUT2D eigenvalue weighted by atomic mass is 10.2. The largest absolute Gasteiger partial charge is 0.337 e. The van der Waals surface area contributed by atoms with Crippen molar-refractivity contribution in [3.05, 3.63) is 87.5 Å². The minimum atomic E-state index is -0.456. The summed E-state index contributed by atoms with van der Waals surface area (Å²) in [5.41, 5.74) is 2.47. The normalized spacial score (nSPS) is 11.0. The molecule has 0 aliphatic carbocycles. The number of aromatic nitrogens is 3. The molecule has 0 bridgehead atoms. The Labute approximate surface area is 211 Å². The summed E-state index contributed by atoms with van der Waals surface area (Å²) in [7, 11) is 0. The van der Waals surface area contributed by atoms with Gasteiger partial charge in [-0.3, -0.25) is 19.8 Å².